The van der Waals surface area contributed by atoms with Gasteiger partial charge in [0.05, 0.1) is 28.6 Å². The van der Waals surface area contributed by atoms with Gasteiger partial charge in [0, 0.05) is 22.7 Å². The minimum absolute atomic E-state index is 0.0143. The number of carbonyl (C=O) groups excluding carboxylic acids is 1. The number of aliphatic hydroxyl groups is 1. The van der Waals surface area contributed by atoms with Gasteiger partial charge in [0.1, 0.15) is 5.82 Å². The van der Waals surface area contributed by atoms with Crippen LogP contribution in [0.4, 0.5) is 10.1 Å². The van der Waals surface area contributed by atoms with Crippen LogP contribution in [0.3, 0.4) is 0 Å². The van der Waals surface area contributed by atoms with E-state index in [1.807, 2.05) is 26.0 Å². The molecule has 4 N–H and O–H groups in total. The van der Waals surface area contributed by atoms with Crippen molar-refractivity contribution in [1.29, 1.82) is 0 Å². The predicted octanol–water partition coefficient (Wildman–Crippen LogP) is 4.02. The van der Waals surface area contributed by atoms with Crippen molar-refractivity contribution in [2.75, 3.05) is 11.1 Å². The first kappa shape index (κ1) is 23.8. The summed E-state index contributed by atoms with van der Waals surface area (Å²) in [6.07, 6.45) is 2.76. The SMILES string of the molecule is CC1(C)Cc2c(-c3cc(F)c(C(N)=O)c(N[C@H]4CC[C@H](O)CC4)c3)c3ccccc3n2S(=O)(=O)C1. The number of para-hydroxylation sites is 1. The van der Waals surface area contributed by atoms with Crippen LogP contribution in [0.25, 0.3) is 22.0 Å². The molecule has 0 radical (unpaired) electrons. The number of halogens is 1. The molecule has 186 valence electrons. The molecule has 1 saturated carbocycles. The molecule has 1 aliphatic carbocycles. The van der Waals surface area contributed by atoms with E-state index in [4.69, 9.17) is 5.73 Å². The Morgan fingerprint density at radius 1 is 1.17 bits per heavy atom. The molecule has 1 fully saturated rings. The van der Waals surface area contributed by atoms with Gasteiger partial charge in [-0.25, -0.2) is 16.8 Å². The third-order valence-corrected chi connectivity index (χ3v) is 9.22. The highest BCUT2D eigenvalue weighted by molar-refractivity contribution is 7.90. The zero-order valence-corrected chi connectivity index (χ0v) is 20.7. The van der Waals surface area contributed by atoms with E-state index in [1.165, 1.54) is 10.0 Å². The first-order chi connectivity index (χ1) is 16.5. The smallest absolute Gasteiger partial charge is 0.253 e. The van der Waals surface area contributed by atoms with E-state index >= 15 is 4.39 Å². The predicted molar refractivity (Wildman–Crippen MR) is 134 cm³/mol. The van der Waals surface area contributed by atoms with E-state index in [0.717, 1.165) is 0 Å². The van der Waals surface area contributed by atoms with Gasteiger partial charge in [-0.15, -0.1) is 0 Å². The summed E-state index contributed by atoms with van der Waals surface area (Å²) in [4.78, 5) is 12.2. The standard InChI is InChI=1S/C26H30FN3O4S/c1-26(2)13-22-23(18-5-3-4-6-21(18)30(22)35(33,34)14-26)15-11-19(27)24(25(28)32)20(12-15)29-16-7-9-17(31)10-8-16/h3-6,11-12,16-17,29,31H,7-10,13-14H2,1-2H3,(H2,28,32)/t16-,17-. The lowest BCUT2D eigenvalue weighted by atomic mass is 9.87. The number of hydrogen-bond donors (Lipinski definition) is 3. The van der Waals surface area contributed by atoms with Crippen molar-refractivity contribution in [2.24, 2.45) is 11.1 Å². The highest BCUT2D eigenvalue weighted by Crippen LogP contribution is 2.44. The average Bonchev–Trinajstić information content (AvgIpc) is 3.07. The van der Waals surface area contributed by atoms with Crippen molar-refractivity contribution in [3.63, 3.8) is 0 Å². The Bertz CT molecular complexity index is 1440. The van der Waals surface area contributed by atoms with Gasteiger partial charge >= 0.3 is 0 Å². The van der Waals surface area contributed by atoms with Crippen LogP contribution >= 0.6 is 0 Å². The van der Waals surface area contributed by atoms with Crippen LogP contribution in [0, 0.1) is 11.2 Å². The molecule has 0 atom stereocenters. The quantitative estimate of drug-likeness (QED) is 0.502. The maximum absolute atomic E-state index is 15.4. The number of nitrogens with zero attached hydrogens (tertiary/aromatic N) is 1. The van der Waals surface area contributed by atoms with Gasteiger partial charge < -0.3 is 16.2 Å². The Hall–Kier alpha value is -2.91. The minimum atomic E-state index is -3.62. The number of nitrogens with two attached hydrogens (primary N) is 1. The topological polar surface area (TPSA) is 114 Å². The highest BCUT2D eigenvalue weighted by atomic mass is 32.2. The van der Waals surface area contributed by atoms with E-state index < -0.39 is 27.2 Å². The summed E-state index contributed by atoms with van der Waals surface area (Å²) >= 11 is 0. The molecule has 0 spiro atoms. The fraction of sp³-hybridized carbons (Fsp3) is 0.423. The van der Waals surface area contributed by atoms with E-state index in [2.05, 4.69) is 5.32 Å². The number of fused-ring (bicyclic) bond motifs is 3. The van der Waals surface area contributed by atoms with Crippen molar-refractivity contribution in [3.05, 3.63) is 53.5 Å². The normalized spacial score (nSPS) is 23.1. The summed E-state index contributed by atoms with van der Waals surface area (Å²) < 4.78 is 43.4. The minimum Gasteiger partial charge on any atom is -0.393 e. The maximum Gasteiger partial charge on any atom is 0.253 e. The second kappa shape index (κ2) is 8.34. The molecule has 2 aromatic carbocycles. The fourth-order valence-electron chi connectivity index (χ4n) is 5.68. The zero-order chi connectivity index (χ0) is 25.1. The van der Waals surface area contributed by atoms with Crippen LogP contribution in [0.1, 0.15) is 55.6 Å². The average molecular weight is 500 g/mol. The van der Waals surface area contributed by atoms with Crippen molar-refractivity contribution in [3.8, 4) is 11.1 Å². The summed E-state index contributed by atoms with van der Waals surface area (Å²) in [5, 5.41) is 13.8. The summed E-state index contributed by atoms with van der Waals surface area (Å²) in [5.41, 5.74) is 7.43. The molecule has 0 unspecified atom stereocenters. The van der Waals surface area contributed by atoms with Gasteiger partial charge in [0.25, 0.3) is 5.91 Å². The lowest BCUT2D eigenvalue weighted by Crippen LogP contribution is -2.36. The van der Waals surface area contributed by atoms with E-state index in [0.29, 0.717) is 59.8 Å². The van der Waals surface area contributed by atoms with Gasteiger partial charge in [-0.1, -0.05) is 32.0 Å². The van der Waals surface area contributed by atoms with Gasteiger partial charge in [0.2, 0.25) is 10.0 Å². The number of primary amides is 1. The van der Waals surface area contributed by atoms with Crippen molar-refractivity contribution >= 4 is 32.5 Å². The molecule has 0 bridgehead atoms. The maximum atomic E-state index is 15.4. The van der Waals surface area contributed by atoms with E-state index in [9.17, 15) is 18.3 Å². The second-order valence-electron chi connectivity index (χ2n) is 10.6. The molecule has 2 aliphatic rings. The van der Waals surface area contributed by atoms with Crippen LogP contribution in [-0.2, 0) is 16.4 Å². The molecule has 1 aliphatic heterocycles. The van der Waals surface area contributed by atoms with E-state index in [1.54, 1.807) is 18.2 Å². The Kier molecular flexibility index (Phi) is 5.68. The molecule has 7 nitrogen and oxygen atoms in total. The largest absolute Gasteiger partial charge is 0.393 e. The molecule has 1 aromatic heterocycles. The van der Waals surface area contributed by atoms with Crippen LogP contribution in [-0.4, -0.2) is 41.3 Å². The Labute approximate surface area is 204 Å². The molecule has 5 rings (SSSR count). The molecular formula is C26H30FN3O4S. The Morgan fingerprint density at radius 3 is 2.54 bits per heavy atom. The van der Waals surface area contributed by atoms with Gasteiger partial charge in [-0.2, -0.15) is 0 Å². The first-order valence-electron chi connectivity index (χ1n) is 11.9. The van der Waals surface area contributed by atoms with Crippen molar-refractivity contribution in [1.82, 2.24) is 3.97 Å². The van der Waals surface area contributed by atoms with Gasteiger partial charge in [-0.05, 0) is 61.3 Å². The van der Waals surface area contributed by atoms with E-state index in [-0.39, 0.29) is 29.1 Å². The summed E-state index contributed by atoms with van der Waals surface area (Å²) in [6.45, 7) is 3.83. The molecular weight excluding hydrogens is 469 g/mol. The van der Waals surface area contributed by atoms with Gasteiger partial charge in [0.15, 0.2) is 0 Å². The van der Waals surface area contributed by atoms with Crippen LogP contribution < -0.4 is 11.1 Å². The number of nitrogens with one attached hydrogen (secondary N) is 1. The fourth-order valence-corrected chi connectivity index (χ4v) is 7.85. The van der Waals surface area contributed by atoms with Crippen molar-refractivity contribution < 1.29 is 22.7 Å². The molecule has 3 aromatic rings. The second-order valence-corrected chi connectivity index (χ2v) is 12.4. The Balaban J connectivity index is 1.72. The lowest BCUT2D eigenvalue weighted by molar-refractivity contribution is 0.0996. The number of benzene rings is 2. The number of hydrogen-bond acceptors (Lipinski definition) is 5. The number of anilines is 1. The van der Waals surface area contributed by atoms with Gasteiger partial charge in [-0.3, -0.25) is 4.79 Å². The number of amides is 1. The van der Waals surface area contributed by atoms with Crippen molar-refractivity contribution in [2.45, 2.75) is 58.1 Å². The van der Waals surface area contributed by atoms with Crippen LogP contribution in [0.15, 0.2) is 36.4 Å². The van der Waals surface area contributed by atoms with Crippen LogP contribution in [0.2, 0.25) is 0 Å². The number of aromatic nitrogens is 1. The molecule has 9 heteroatoms. The molecule has 0 saturated heterocycles. The highest BCUT2D eigenvalue weighted by Gasteiger charge is 2.39. The number of aliphatic hydroxyl groups excluding tert-OH is 1. The Morgan fingerprint density at radius 2 is 1.86 bits per heavy atom. The summed E-state index contributed by atoms with van der Waals surface area (Å²) in [6, 6.07) is 10.2. The third kappa shape index (κ3) is 4.21. The number of carbonyl (C=O) groups is 1. The summed E-state index contributed by atoms with van der Waals surface area (Å²) in [7, 11) is -3.62. The first-order valence-corrected chi connectivity index (χ1v) is 13.5. The zero-order valence-electron chi connectivity index (χ0n) is 19.8. The van der Waals surface area contributed by atoms with Crippen LogP contribution in [0.5, 0.6) is 0 Å². The molecule has 35 heavy (non-hydrogen) atoms. The summed E-state index contributed by atoms with van der Waals surface area (Å²) in [5.74, 6) is -1.62. The molecule has 1 amide bonds. The number of rotatable bonds is 4. The lowest BCUT2D eigenvalue weighted by Gasteiger charge is -2.31. The monoisotopic (exact) mass is 499 g/mol. The molecule has 2 heterocycles. The third-order valence-electron chi connectivity index (χ3n) is 7.10.